The molecule has 2 N–H and O–H groups in total. The van der Waals surface area contributed by atoms with Crippen molar-refractivity contribution in [3.63, 3.8) is 0 Å². The van der Waals surface area contributed by atoms with E-state index in [4.69, 9.17) is 51.4 Å². The van der Waals surface area contributed by atoms with Gasteiger partial charge in [0.1, 0.15) is 5.76 Å². The van der Waals surface area contributed by atoms with Gasteiger partial charge in [0.25, 0.3) is 5.91 Å². The summed E-state index contributed by atoms with van der Waals surface area (Å²) in [6.07, 6.45) is 0. The Morgan fingerprint density at radius 2 is 1.71 bits per heavy atom. The molecule has 0 bridgehead atoms. The maximum absolute atomic E-state index is 12.6. The fourth-order valence-corrected chi connectivity index (χ4v) is 4.63. The van der Waals surface area contributed by atoms with E-state index in [1.165, 1.54) is 6.07 Å². The zero-order valence-corrected chi connectivity index (χ0v) is 21.7. The van der Waals surface area contributed by atoms with E-state index in [9.17, 15) is 9.59 Å². The van der Waals surface area contributed by atoms with Gasteiger partial charge in [0.05, 0.1) is 20.8 Å². The quantitative estimate of drug-likeness (QED) is 0.405. The van der Waals surface area contributed by atoms with Gasteiger partial charge in [0.2, 0.25) is 5.91 Å². The number of halogens is 3. The van der Waals surface area contributed by atoms with Gasteiger partial charge in [-0.15, -0.1) is 0 Å². The first-order valence-electron chi connectivity index (χ1n) is 10.7. The van der Waals surface area contributed by atoms with Crippen LogP contribution >= 0.6 is 47.0 Å². The second-order valence-corrected chi connectivity index (χ2v) is 9.43. The summed E-state index contributed by atoms with van der Waals surface area (Å²) in [6.45, 7) is 4.28. The van der Waals surface area contributed by atoms with Gasteiger partial charge >= 0.3 is 0 Å². The Morgan fingerprint density at radius 1 is 0.971 bits per heavy atom. The van der Waals surface area contributed by atoms with Crippen LogP contribution in [0.3, 0.4) is 0 Å². The van der Waals surface area contributed by atoms with Crippen molar-refractivity contribution in [1.82, 2.24) is 10.2 Å². The highest BCUT2D eigenvalue weighted by atomic mass is 35.5. The summed E-state index contributed by atoms with van der Waals surface area (Å²) >= 11 is 24.1. The Bertz CT molecular complexity index is 1290. The number of nitrogens with one attached hydrogen (secondary N) is 2. The minimum Gasteiger partial charge on any atom is -0.451 e. The molecule has 2 amide bonds. The highest BCUT2D eigenvalue weighted by Crippen LogP contribution is 2.34. The molecular formula is C24H21Cl3N4O3S. The second-order valence-electron chi connectivity index (χ2n) is 7.83. The largest absolute Gasteiger partial charge is 0.451 e. The number of carbonyl (C=O) groups is 2. The third-order valence-electron chi connectivity index (χ3n) is 5.55. The van der Waals surface area contributed by atoms with Crippen LogP contribution in [0.15, 0.2) is 52.9 Å². The Kier molecular flexibility index (Phi) is 7.86. The molecule has 0 aliphatic carbocycles. The van der Waals surface area contributed by atoms with Gasteiger partial charge in [-0.1, -0.05) is 40.9 Å². The lowest BCUT2D eigenvalue weighted by molar-refractivity contribution is -0.129. The van der Waals surface area contributed by atoms with Crippen molar-refractivity contribution in [2.45, 2.75) is 6.92 Å². The predicted octanol–water partition coefficient (Wildman–Crippen LogP) is 5.70. The lowest BCUT2D eigenvalue weighted by Gasteiger charge is -2.36. The van der Waals surface area contributed by atoms with Crippen molar-refractivity contribution in [1.29, 1.82) is 0 Å². The number of rotatable bonds is 4. The summed E-state index contributed by atoms with van der Waals surface area (Å²) in [4.78, 5) is 28.1. The van der Waals surface area contributed by atoms with Gasteiger partial charge in [0, 0.05) is 44.4 Å². The lowest BCUT2D eigenvalue weighted by atomic mass is 10.2. The standard InChI is InChI=1S/C24H21Cl3N4O3S/c1-14(32)30-9-11-31(12-10-30)19-6-5-15(13-18(19)26)28-24(35)29-23(33)21-8-7-20(34-21)16-3-2-4-17(25)22(16)27/h2-8,13H,9-12H2,1H3,(H2,28,29,33,35). The van der Waals surface area contributed by atoms with Crippen molar-refractivity contribution in [3.8, 4) is 11.3 Å². The molecule has 35 heavy (non-hydrogen) atoms. The third-order valence-corrected chi connectivity index (χ3v) is 6.87. The number of benzene rings is 2. The Balaban J connectivity index is 1.36. The third kappa shape index (κ3) is 5.90. The number of carbonyl (C=O) groups excluding carboxylic acids is 2. The summed E-state index contributed by atoms with van der Waals surface area (Å²) in [5, 5.41) is 6.90. The molecule has 2 aromatic carbocycles. The van der Waals surface area contributed by atoms with Crippen molar-refractivity contribution >= 4 is 75.3 Å². The molecule has 1 aliphatic heterocycles. The van der Waals surface area contributed by atoms with Crippen molar-refractivity contribution in [3.05, 3.63) is 69.4 Å². The van der Waals surface area contributed by atoms with E-state index in [1.807, 2.05) is 17.0 Å². The summed E-state index contributed by atoms with van der Waals surface area (Å²) in [5.41, 5.74) is 2.08. The molecule has 0 spiro atoms. The van der Waals surface area contributed by atoms with Crippen molar-refractivity contribution in [2.75, 3.05) is 36.4 Å². The minimum absolute atomic E-state index is 0.0678. The first-order valence-corrected chi connectivity index (χ1v) is 12.2. The van der Waals surface area contributed by atoms with Crippen LogP contribution < -0.4 is 15.5 Å². The molecule has 0 radical (unpaired) electrons. The normalized spacial score (nSPS) is 13.5. The predicted molar refractivity (Wildman–Crippen MR) is 144 cm³/mol. The van der Waals surface area contributed by atoms with Gasteiger partial charge in [-0.3, -0.25) is 14.9 Å². The van der Waals surface area contributed by atoms with E-state index >= 15 is 0 Å². The number of anilines is 2. The van der Waals surface area contributed by atoms with Gasteiger partial charge in [-0.2, -0.15) is 0 Å². The molecule has 1 saturated heterocycles. The van der Waals surface area contributed by atoms with Crippen LogP contribution in [0.5, 0.6) is 0 Å². The molecule has 0 unspecified atom stereocenters. The van der Waals surface area contributed by atoms with E-state index < -0.39 is 5.91 Å². The Hall–Kier alpha value is -2.78. The molecule has 3 aromatic rings. The van der Waals surface area contributed by atoms with E-state index in [1.54, 1.807) is 37.3 Å². The second kappa shape index (κ2) is 10.9. The van der Waals surface area contributed by atoms with Crippen molar-refractivity contribution < 1.29 is 14.0 Å². The number of furan rings is 1. The molecule has 2 heterocycles. The fourth-order valence-electron chi connectivity index (χ4n) is 3.73. The number of nitrogens with zero attached hydrogens (tertiary/aromatic N) is 2. The van der Waals surface area contributed by atoms with E-state index in [0.29, 0.717) is 58.3 Å². The highest BCUT2D eigenvalue weighted by molar-refractivity contribution is 7.80. The molecule has 11 heteroatoms. The number of amides is 2. The minimum atomic E-state index is -0.516. The van der Waals surface area contributed by atoms with Crippen LogP contribution in [0.1, 0.15) is 17.5 Å². The first kappa shape index (κ1) is 25.3. The molecule has 182 valence electrons. The van der Waals surface area contributed by atoms with E-state index in [0.717, 1.165) is 5.69 Å². The monoisotopic (exact) mass is 550 g/mol. The molecule has 1 aromatic heterocycles. The van der Waals surface area contributed by atoms with Gasteiger partial charge < -0.3 is 19.5 Å². The lowest BCUT2D eigenvalue weighted by Crippen LogP contribution is -2.48. The summed E-state index contributed by atoms with van der Waals surface area (Å²) in [6, 6.07) is 13.8. The molecule has 4 rings (SSSR count). The highest BCUT2D eigenvalue weighted by Gasteiger charge is 2.21. The van der Waals surface area contributed by atoms with Crippen LogP contribution in [0.25, 0.3) is 11.3 Å². The van der Waals surface area contributed by atoms with E-state index in [2.05, 4.69) is 15.5 Å². The number of hydrogen-bond acceptors (Lipinski definition) is 5. The van der Waals surface area contributed by atoms with E-state index in [-0.39, 0.29) is 16.8 Å². The molecule has 1 fully saturated rings. The Labute approximate surface area is 222 Å². The molecule has 0 atom stereocenters. The summed E-state index contributed by atoms with van der Waals surface area (Å²) in [7, 11) is 0. The topological polar surface area (TPSA) is 77.8 Å². The molecule has 1 aliphatic rings. The van der Waals surface area contributed by atoms with Crippen LogP contribution in [0, 0.1) is 0 Å². The average Bonchev–Trinajstić information content (AvgIpc) is 3.31. The zero-order valence-electron chi connectivity index (χ0n) is 18.6. The maximum atomic E-state index is 12.6. The SMILES string of the molecule is CC(=O)N1CCN(c2ccc(NC(=S)NC(=O)c3ccc(-c4cccc(Cl)c4Cl)o3)cc2Cl)CC1. The Morgan fingerprint density at radius 3 is 2.40 bits per heavy atom. The van der Waals surface area contributed by atoms with Gasteiger partial charge in [-0.25, -0.2) is 0 Å². The van der Waals surface area contributed by atoms with Crippen molar-refractivity contribution in [2.24, 2.45) is 0 Å². The summed E-state index contributed by atoms with van der Waals surface area (Å²) < 4.78 is 5.65. The number of thiocarbonyl (C=S) groups is 1. The van der Waals surface area contributed by atoms with Gasteiger partial charge in [-0.05, 0) is 54.7 Å². The fraction of sp³-hybridized carbons (Fsp3) is 0.208. The smallest absolute Gasteiger partial charge is 0.293 e. The van der Waals surface area contributed by atoms with Crippen LogP contribution in [0.4, 0.5) is 11.4 Å². The zero-order chi connectivity index (χ0) is 25.1. The maximum Gasteiger partial charge on any atom is 0.293 e. The van der Waals surface area contributed by atoms with Gasteiger partial charge in [0.15, 0.2) is 10.9 Å². The molecule has 0 saturated carbocycles. The summed E-state index contributed by atoms with van der Waals surface area (Å²) in [5.74, 6) is 0.0363. The molecule has 7 nitrogen and oxygen atoms in total. The van der Waals surface area contributed by atoms with Crippen LogP contribution in [-0.4, -0.2) is 48.0 Å². The molecular weight excluding hydrogens is 531 g/mol. The average molecular weight is 552 g/mol. The van der Waals surface area contributed by atoms with Crippen LogP contribution in [-0.2, 0) is 4.79 Å². The van der Waals surface area contributed by atoms with Crippen LogP contribution in [0.2, 0.25) is 15.1 Å². The number of piperazine rings is 1. The number of hydrogen-bond donors (Lipinski definition) is 2. The first-order chi connectivity index (χ1) is 16.7.